The van der Waals surface area contributed by atoms with Crippen molar-refractivity contribution < 1.29 is 8.78 Å². The Labute approximate surface area is 106 Å². The van der Waals surface area contributed by atoms with Gasteiger partial charge in [-0.15, -0.1) is 12.4 Å². The van der Waals surface area contributed by atoms with Crippen molar-refractivity contribution in [1.29, 1.82) is 0 Å². The SMILES string of the molecule is Cl.Fc1ccc(CC(F)N2CCNCC2)cc1. The van der Waals surface area contributed by atoms with E-state index in [1.54, 1.807) is 12.1 Å². The fraction of sp³-hybridized carbons (Fsp3) is 0.500. The number of rotatable bonds is 3. The van der Waals surface area contributed by atoms with Gasteiger partial charge in [-0.25, -0.2) is 8.78 Å². The number of hydrogen-bond acceptors (Lipinski definition) is 2. The van der Waals surface area contributed by atoms with Crippen LogP contribution in [0.3, 0.4) is 0 Å². The molecule has 0 saturated carbocycles. The average molecular weight is 263 g/mol. The molecule has 1 aromatic rings. The van der Waals surface area contributed by atoms with Gasteiger partial charge in [0.05, 0.1) is 0 Å². The van der Waals surface area contributed by atoms with E-state index >= 15 is 0 Å². The molecule has 0 bridgehead atoms. The van der Waals surface area contributed by atoms with Crippen molar-refractivity contribution in [2.45, 2.75) is 12.7 Å². The highest BCUT2D eigenvalue weighted by Crippen LogP contribution is 2.11. The van der Waals surface area contributed by atoms with Gasteiger partial charge < -0.3 is 5.32 Å². The second kappa shape index (κ2) is 6.89. The maximum atomic E-state index is 13.9. The van der Waals surface area contributed by atoms with E-state index < -0.39 is 6.30 Å². The molecule has 2 nitrogen and oxygen atoms in total. The number of halogens is 3. The molecule has 2 rings (SSSR count). The van der Waals surface area contributed by atoms with Crippen LogP contribution in [-0.4, -0.2) is 37.4 Å². The Balaban J connectivity index is 0.00000144. The molecule has 1 atom stereocenters. The van der Waals surface area contributed by atoms with Gasteiger partial charge in [0.25, 0.3) is 0 Å². The lowest BCUT2D eigenvalue weighted by Crippen LogP contribution is -2.47. The number of piperazine rings is 1. The van der Waals surface area contributed by atoms with Crippen molar-refractivity contribution in [3.05, 3.63) is 35.6 Å². The normalized spacial score (nSPS) is 18.5. The Kier molecular flexibility index (Phi) is 5.82. The predicted octanol–water partition coefficient (Wildman–Crippen LogP) is 1.99. The van der Waals surface area contributed by atoms with Crippen LogP contribution in [0, 0.1) is 5.82 Å². The summed E-state index contributed by atoms with van der Waals surface area (Å²) in [7, 11) is 0. The van der Waals surface area contributed by atoms with Crippen LogP contribution in [0.4, 0.5) is 8.78 Å². The number of nitrogens with one attached hydrogen (secondary N) is 1. The fourth-order valence-electron chi connectivity index (χ4n) is 1.91. The number of alkyl halides is 1. The maximum absolute atomic E-state index is 13.9. The number of hydrogen-bond donors (Lipinski definition) is 1. The molecule has 1 saturated heterocycles. The minimum absolute atomic E-state index is 0. The number of nitrogens with zero attached hydrogens (tertiary/aromatic N) is 1. The third-order valence-corrected chi connectivity index (χ3v) is 2.87. The first-order valence-corrected chi connectivity index (χ1v) is 5.59. The molecule has 1 aliphatic heterocycles. The molecule has 0 radical (unpaired) electrons. The Bertz CT molecular complexity index is 326. The molecule has 0 amide bonds. The van der Waals surface area contributed by atoms with Crippen LogP contribution in [0.25, 0.3) is 0 Å². The summed E-state index contributed by atoms with van der Waals surface area (Å²) < 4.78 is 26.5. The molecule has 96 valence electrons. The van der Waals surface area contributed by atoms with Crippen LogP contribution in [0.15, 0.2) is 24.3 Å². The maximum Gasteiger partial charge on any atom is 0.157 e. The van der Waals surface area contributed by atoms with Crippen molar-refractivity contribution in [1.82, 2.24) is 10.2 Å². The molecule has 1 heterocycles. The predicted molar refractivity (Wildman–Crippen MR) is 66.7 cm³/mol. The van der Waals surface area contributed by atoms with Crippen LogP contribution in [0.1, 0.15) is 5.56 Å². The molecule has 1 unspecified atom stereocenters. The van der Waals surface area contributed by atoms with Crippen LogP contribution < -0.4 is 5.32 Å². The summed E-state index contributed by atoms with van der Waals surface area (Å²) in [4.78, 5) is 1.82. The lowest BCUT2D eigenvalue weighted by molar-refractivity contribution is 0.0705. The zero-order valence-corrected chi connectivity index (χ0v) is 10.4. The van der Waals surface area contributed by atoms with Gasteiger partial charge in [-0.05, 0) is 17.7 Å². The van der Waals surface area contributed by atoms with E-state index in [2.05, 4.69) is 5.32 Å². The summed E-state index contributed by atoms with van der Waals surface area (Å²) in [6, 6.07) is 6.04. The molecule has 17 heavy (non-hydrogen) atoms. The Morgan fingerprint density at radius 3 is 2.35 bits per heavy atom. The van der Waals surface area contributed by atoms with E-state index in [-0.39, 0.29) is 18.2 Å². The summed E-state index contributed by atoms with van der Waals surface area (Å²) in [5.74, 6) is -0.277. The summed E-state index contributed by atoms with van der Waals surface area (Å²) in [5, 5.41) is 3.18. The van der Waals surface area contributed by atoms with Gasteiger partial charge in [-0.3, -0.25) is 4.90 Å². The molecular formula is C12H17ClF2N2. The van der Waals surface area contributed by atoms with E-state index in [1.807, 2.05) is 4.90 Å². The smallest absolute Gasteiger partial charge is 0.157 e. The summed E-state index contributed by atoms with van der Waals surface area (Å²) in [6.45, 7) is 3.15. The minimum Gasteiger partial charge on any atom is -0.314 e. The van der Waals surface area contributed by atoms with Gasteiger partial charge in [-0.2, -0.15) is 0 Å². The third kappa shape index (κ3) is 4.22. The number of benzene rings is 1. The van der Waals surface area contributed by atoms with Gasteiger partial charge in [0.15, 0.2) is 6.30 Å². The zero-order chi connectivity index (χ0) is 11.4. The lowest BCUT2D eigenvalue weighted by Gasteiger charge is -2.30. The van der Waals surface area contributed by atoms with E-state index in [1.165, 1.54) is 12.1 Å². The van der Waals surface area contributed by atoms with Gasteiger partial charge in [0.1, 0.15) is 5.82 Å². The first-order valence-electron chi connectivity index (χ1n) is 5.59. The Morgan fingerprint density at radius 1 is 1.18 bits per heavy atom. The summed E-state index contributed by atoms with van der Waals surface area (Å²) >= 11 is 0. The third-order valence-electron chi connectivity index (χ3n) is 2.87. The van der Waals surface area contributed by atoms with Crippen LogP contribution >= 0.6 is 12.4 Å². The van der Waals surface area contributed by atoms with E-state index in [9.17, 15) is 8.78 Å². The fourth-order valence-corrected chi connectivity index (χ4v) is 1.91. The van der Waals surface area contributed by atoms with Crippen molar-refractivity contribution in [3.63, 3.8) is 0 Å². The molecule has 5 heteroatoms. The minimum atomic E-state index is -0.965. The van der Waals surface area contributed by atoms with Crippen molar-refractivity contribution in [2.24, 2.45) is 0 Å². The quantitative estimate of drug-likeness (QED) is 0.839. The molecule has 1 N–H and O–H groups in total. The van der Waals surface area contributed by atoms with Gasteiger partial charge in [0, 0.05) is 32.6 Å². The highest BCUT2D eigenvalue weighted by atomic mass is 35.5. The largest absolute Gasteiger partial charge is 0.314 e. The molecule has 1 fully saturated rings. The topological polar surface area (TPSA) is 15.3 Å². The Morgan fingerprint density at radius 2 is 1.76 bits per heavy atom. The monoisotopic (exact) mass is 262 g/mol. The van der Waals surface area contributed by atoms with Gasteiger partial charge in [-0.1, -0.05) is 12.1 Å². The first kappa shape index (κ1) is 14.4. The molecule has 1 aliphatic rings. The van der Waals surface area contributed by atoms with Crippen molar-refractivity contribution in [2.75, 3.05) is 26.2 Å². The molecule has 1 aromatic carbocycles. The van der Waals surface area contributed by atoms with Crippen LogP contribution in [0.5, 0.6) is 0 Å². The lowest BCUT2D eigenvalue weighted by atomic mass is 10.1. The van der Waals surface area contributed by atoms with E-state index in [0.29, 0.717) is 6.42 Å². The van der Waals surface area contributed by atoms with Crippen LogP contribution in [0.2, 0.25) is 0 Å². The highest BCUT2D eigenvalue weighted by Gasteiger charge is 2.19. The zero-order valence-electron chi connectivity index (χ0n) is 9.53. The van der Waals surface area contributed by atoms with Crippen molar-refractivity contribution in [3.8, 4) is 0 Å². The molecule has 0 aromatic heterocycles. The Hall–Kier alpha value is -0.710. The second-order valence-corrected chi connectivity index (χ2v) is 4.05. The highest BCUT2D eigenvalue weighted by molar-refractivity contribution is 5.85. The molecule has 0 aliphatic carbocycles. The first-order chi connectivity index (χ1) is 7.75. The van der Waals surface area contributed by atoms with Gasteiger partial charge in [0.2, 0.25) is 0 Å². The molecular weight excluding hydrogens is 246 g/mol. The molecule has 0 spiro atoms. The van der Waals surface area contributed by atoms with Gasteiger partial charge >= 0.3 is 0 Å². The average Bonchev–Trinajstić information content (AvgIpc) is 2.33. The second-order valence-electron chi connectivity index (χ2n) is 4.05. The van der Waals surface area contributed by atoms with Crippen LogP contribution in [-0.2, 0) is 6.42 Å². The van der Waals surface area contributed by atoms with Crippen molar-refractivity contribution >= 4 is 12.4 Å². The summed E-state index contributed by atoms with van der Waals surface area (Å²) in [5.41, 5.74) is 0.840. The summed E-state index contributed by atoms with van der Waals surface area (Å²) in [6.07, 6.45) is -0.632. The van der Waals surface area contributed by atoms with E-state index in [4.69, 9.17) is 0 Å². The standard InChI is InChI=1S/C12H16F2N2.ClH/c13-11-3-1-10(2-4-11)9-12(14)16-7-5-15-6-8-16;/h1-4,12,15H,5-9H2;1H. The van der Waals surface area contributed by atoms with E-state index in [0.717, 1.165) is 31.7 Å².